The Morgan fingerprint density at radius 3 is 2.75 bits per heavy atom. The standard InChI is InChI=1S/C12H14N2O2/c1-7-4-5-9-8(6-7)10(13)11(14(9)2)12(15)16-3/h4-6H,13H2,1-3H3. The van der Waals surface area contributed by atoms with Crippen LogP contribution < -0.4 is 5.73 Å². The maximum absolute atomic E-state index is 11.6. The van der Waals surface area contributed by atoms with E-state index in [-0.39, 0.29) is 0 Å². The summed E-state index contributed by atoms with van der Waals surface area (Å²) in [6.45, 7) is 1.99. The van der Waals surface area contributed by atoms with Crippen LogP contribution in [0.15, 0.2) is 18.2 Å². The average Bonchev–Trinajstić information content (AvgIpc) is 2.51. The largest absolute Gasteiger partial charge is 0.464 e. The number of aryl methyl sites for hydroxylation is 2. The van der Waals surface area contributed by atoms with Gasteiger partial charge in [0.1, 0.15) is 0 Å². The van der Waals surface area contributed by atoms with Crippen molar-refractivity contribution in [2.45, 2.75) is 6.92 Å². The SMILES string of the molecule is COC(=O)c1c(N)c2cc(C)ccc2n1C. The summed E-state index contributed by atoms with van der Waals surface area (Å²) in [5.41, 5.74) is 8.89. The molecule has 2 rings (SSSR count). The molecule has 0 spiro atoms. The van der Waals surface area contributed by atoms with Gasteiger partial charge in [0.15, 0.2) is 5.69 Å². The number of ether oxygens (including phenoxy) is 1. The van der Waals surface area contributed by atoms with Crippen LogP contribution in [-0.2, 0) is 11.8 Å². The smallest absolute Gasteiger partial charge is 0.356 e. The molecule has 2 aromatic rings. The Balaban J connectivity index is 2.81. The predicted molar refractivity (Wildman–Crippen MR) is 63.4 cm³/mol. The van der Waals surface area contributed by atoms with Crippen LogP contribution in [0.25, 0.3) is 10.9 Å². The number of aromatic nitrogens is 1. The third kappa shape index (κ3) is 1.34. The first-order valence-corrected chi connectivity index (χ1v) is 4.99. The van der Waals surface area contributed by atoms with Crippen molar-refractivity contribution >= 4 is 22.6 Å². The van der Waals surface area contributed by atoms with Gasteiger partial charge in [0.2, 0.25) is 0 Å². The minimum atomic E-state index is -0.408. The first-order chi connectivity index (χ1) is 7.56. The Hall–Kier alpha value is -1.97. The zero-order valence-electron chi connectivity index (χ0n) is 9.57. The van der Waals surface area contributed by atoms with E-state index in [1.54, 1.807) is 11.6 Å². The lowest BCUT2D eigenvalue weighted by molar-refractivity contribution is 0.0592. The molecule has 0 aliphatic heterocycles. The van der Waals surface area contributed by atoms with Crippen LogP contribution in [-0.4, -0.2) is 17.6 Å². The first kappa shape index (κ1) is 10.5. The third-order valence-electron chi connectivity index (χ3n) is 2.77. The Morgan fingerprint density at radius 1 is 1.44 bits per heavy atom. The fourth-order valence-electron chi connectivity index (χ4n) is 1.93. The van der Waals surface area contributed by atoms with Crippen molar-refractivity contribution in [1.82, 2.24) is 4.57 Å². The molecule has 84 valence electrons. The number of nitrogen functional groups attached to an aromatic ring is 1. The molecule has 1 aromatic carbocycles. The average molecular weight is 218 g/mol. The van der Waals surface area contributed by atoms with Crippen molar-refractivity contribution in [3.8, 4) is 0 Å². The molecule has 2 N–H and O–H groups in total. The van der Waals surface area contributed by atoms with Crippen LogP contribution >= 0.6 is 0 Å². The normalized spacial score (nSPS) is 10.7. The number of rotatable bonds is 1. The van der Waals surface area contributed by atoms with E-state index in [1.165, 1.54) is 7.11 Å². The van der Waals surface area contributed by atoms with Gasteiger partial charge in [0, 0.05) is 12.4 Å². The number of fused-ring (bicyclic) bond motifs is 1. The Bertz CT molecular complexity index is 570. The van der Waals surface area contributed by atoms with E-state index in [0.717, 1.165) is 16.5 Å². The summed E-state index contributed by atoms with van der Waals surface area (Å²) in [6.07, 6.45) is 0. The van der Waals surface area contributed by atoms with E-state index in [0.29, 0.717) is 11.4 Å². The molecule has 0 atom stereocenters. The summed E-state index contributed by atoms with van der Waals surface area (Å²) in [7, 11) is 3.16. The zero-order valence-corrected chi connectivity index (χ0v) is 9.57. The number of hydrogen-bond acceptors (Lipinski definition) is 3. The molecule has 0 fully saturated rings. The lowest BCUT2D eigenvalue weighted by Gasteiger charge is -2.02. The number of carbonyl (C=O) groups is 1. The number of nitrogens with two attached hydrogens (primary N) is 1. The van der Waals surface area contributed by atoms with E-state index < -0.39 is 5.97 Å². The van der Waals surface area contributed by atoms with Gasteiger partial charge < -0.3 is 15.0 Å². The first-order valence-electron chi connectivity index (χ1n) is 4.99. The molecule has 0 radical (unpaired) electrons. The van der Waals surface area contributed by atoms with Crippen molar-refractivity contribution in [2.75, 3.05) is 12.8 Å². The highest BCUT2D eigenvalue weighted by molar-refractivity contribution is 6.06. The minimum Gasteiger partial charge on any atom is -0.464 e. The molecule has 0 amide bonds. The molecule has 16 heavy (non-hydrogen) atoms. The highest BCUT2D eigenvalue weighted by Crippen LogP contribution is 2.28. The lowest BCUT2D eigenvalue weighted by atomic mass is 10.1. The number of methoxy groups -OCH3 is 1. The van der Waals surface area contributed by atoms with E-state index in [9.17, 15) is 4.79 Å². The van der Waals surface area contributed by atoms with Gasteiger partial charge in [0.05, 0.1) is 18.3 Å². The number of anilines is 1. The maximum Gasteiger partial charge on any atom is 0.356 e. The molecular formula is C12H14N2O2. The second-order valence-corrected chi connectivity index (χ2v) is 3.83. The van der Waals surface area contributed by atoms with Crippen LogP contribution in [0.1, 0.15) is 16.1 Å². The van der Waals surface area contributed by atoms with Crippen molar-refractivity contribution in [2.24, 2.45) is 7.05 Å². The zero-order chi connectivity index (χ0) is 11.9. The highest BCUT2D eigenvalue weighted by atomic mass is 16.5. The summed E-state index contributed by atoms with van der Waals surface area (Å²) in [5, 5.41) is 0.892. The molecular weight excluding hydrogens is 204 g/mol. The quantitative estimate of drug-likeness (QED) is 0.743. The number of esters is 1. The van der Waals surface area contributed by atoms with E-state index >= 15 is 0 Å². The summed E-state index contributed by atoms with van der Waals surface area (Å²) in [4.78, 5) is 11.6. The van der Waals surface area contributed by atoms with Crippen molar-refractivity contribution in [3.05, 3.63) is 29.5 Å². The van der Waals surface area contributed by atoms with Gasteiger partial charge in [-0.25, -0.2) is 4.79 Å². The number of nitrogens with zero attached hydrogens (tertiary/aromatic N) is 1. The molecule has 4 heteroatoms. The monoisotopic (exact) mass is 218 g/mol. The fourth-order valence-corrected chi connectivity index (χ4v) is 1.93. The summed E-state index contributed by atoms with van der Waals surface area (Å²) in [5.74, 6) is -0.408. The molecule has 4 nitrogen and oxygen atoms in total. The van der Waals surface area contributed by atoms with Gasteiger partial charge in [-0.1, -0.05) is 11.6 Å². The minimum absolute atomic E-state index is 0.406. The van der Waals surface area contributed by atoms with Gasteiger partial charge in [-0.15, -0.1) is 0 Å². The molecule has 0 unspecified atom stereocenters. The topological polar surface area (TPSA) is 57.2 Å². The predicted octanol–water partition coefficient (Wildman–Crippen LogP) is 1.86. The van der Waals surface area contributed by atoms with Gasteiger partial charge in [-0.2, -0.15) is 0 Å². The summed E-state index contributed by atoms with van der Waals surface area (Å²) < 4.78 is 6.48. The molecule has 0 aliphatic rings. The Labute approximate surface area is 93.6 Å². The molecule has 0 aliphatic carbocycles. The molecule has 0 bridgehead atoms. The van der Waals surface area contributed by atoms with E-state index in [1.807, 2.05) is 25.1 Å². The Kier molecular flexibility index (Phi) is 2.34. The number of hydrogen-bond donors (Lipinski definition) is 1. The van der Waals surface area contributed by atoms with Gasteiger partial charge in [-0.05, 0) is 19.1 Å². The second-order valence-electron chi connectivity index (χ2n) is 3.83. The van der Waals surface area contributed by atoms with Gasteiger partial charge in [0.25, 0.3) is 0 Å². The van der Waals surface area contributed by atoms with Crippen molar-refractivity contribution in [3.63, 3.8) is 0 Å². The lowest BCUT2D eigenvalue weighted by Crippen LogP contribution is -2.09. The van der Waals surface area contributed by atoms with Crippen molar-refractivity contribution in [1.29, 1.82) is 0 Å². The molecule has 1 heterocycles. The van der Waals surface area contributed by atoms with Crippen LogP contribution in [0.3, 0.4) is 0 Å². The summed E-state index contributed by atoms with van der Waals surface area (Å²) in [6, 6.07) is 5.91. The third-order valence-corrected chi connectivity index (χ3v) is 2.77. The molecule has 0 saturated carbocycles. The van der Waals surface area contributed by atoms with Crippen LogP contribution in [0.4, 0.5) is 5.69 Å². The van der Waals surface area contributed by atoms with Crippen LogP contribution in [0, 0.1) is 6.92 Å². The van der Waals surface area contributed by atoms with Gasteiger partial charge >= 0.3 is 5.97 Å². The van der Waals surface area contributed by atoms with E-state index in [4.69, 9.17) is 10.5 Å². The van der Waals surface area contributed by atoms with Crippen LogP contribution in [0.2, 0.25) is 0 Å². The fraction of sp³-hybridized carbons (Fsp3) is 0.250. The van der Waals surface area contributed by atoms with Gasteiger partial charge in [-0.3, -0.25) is 0 Å². The molecule has 0 saturated heterocycles. The highest BCUT2D eigenvalue weighted by Gasteiger charge is 2.19. The summed E-state index contributed by atoms with van der Waals surface area (Å²) >= 11 is 0. The maximum atomic E-state index is 11.6. The Morgan fingerprint density at radius 2 is 2.12 bits per heavy atom. The van der Waals surface area contributed by atoms with Crippen molar-refractivity contribution < 1.29 is 9.53 Å². The number of benzene rings is 1. The second kappa shape index (κ2) is 3.56. The van der Waals surface area contributed by atoms with Crippen LogP contribution in [0.5, 0.6) is 0 Å². The number of carbonyl (C=O) groups excluding carboxylic acids is 1. The molecule has 1 aromatic heterocycles. The van der Waals surface area contributed by atoms with E-state index in [2.05, 4.69) is 0 Å².